The predicted molar refractivity (Wildman–Crippen MR) is 111 cm³/mol. The zero-order chi connectivity index (χ0) is 18.9. The van der Waals surface area contributed by atoms with Crippen molar-refractivity contribution in [2.45, 2.75) is 25.7 Å². The highest BCUT2D eigenvalue weighted by atomic mass is 16.1. The second kappa shape index (κ2) is 10.1. The van der Waals surface area contributed by atoms with E-state index in [-0.39, 0.29) is 0 Å². The molecule has 0 spiro atoms. The largest absolute Gasteiger partial charge is 0.387 e. The van der Waals surface area contributed by atoms with Gasteiger partial charge in [0, 0.05) is 42.7 Å². The number of piperidine rings is 1. The number of allylic oxidation sites excluding steroid dienone is 1. The first-order chi connectivity index (χ1) is 13.3. The van der Waals surface area contributed by atoms with E-state index in [1.807, 2.05) is 6.08 Å². The molecule has 1 fully saturated rings. The van der Waals surface area contributed by atoms with Crippen LogP contribution in [-0.4, -0.2) is 43.9 Å². The van der Waals surface area contributed by atoms with Crippen molar-refractivity contribution < 1.29 is 4.79 Å². The first-order valence-corrected chi connectivity index (χ1v) is 10.0. The Hall–Kier alpha value is -2.33. The summed E-state index contributed by atoms with van der Waals surface area (Å²) < 4.78 is 0. The van der Waals surface area contributed by atoms with Crippen LogP contribution in [0.1, 0.15) is 24.8 Å². The second-order valence-electron chi connectivity index (χ2n) is 7.46. The van der Waals surface area contributed by atoms with E-state index in [4.69, 9.17) is 0 Å². The van der Waals surface area contributed by atoms with Gasteiger partial charge >= 0.3 is 0 Å². The Bertz CT molecular complexity index is 685. The zero-order valence-electron chi connectivity index (χ0n) is 16.1. The Morgan fingerprint density at radius 1 is 1.26 bits per heavy atom. The fourth-order valence-corrected chi connectivity index (χ4v) is 3.89. The normalized spacial score (nSPS) is 18.2. The quantitative estimate of drug-likeness (QED) is 0.660. The number of nitrogens with one attached hydrogen (secondary N) is 2. The van der Waals surface area contributed by atoms with Gasteiger partial charge in [0.15, 0.2) is 6.29 Å². The van der Waals surface area contributed by atoms with Crippen LogP contribution in [0.5, 0.6) is 0 Å². The lowest BCUT2D eigenvalue weighted by Crippen LogP contribution is -2.38. The minimum Gasteiger partial charge on any atom is -0.387 e. The summed E-state index contributed by atoms with van der Waals surface area (Å²) in [7, 11) is 0. The molecule has 1 aromatic carbocycles. The highest BCUT2D eigenvalue weighted by Crippen LogP contribution is 2.22. The monoisotopic (exact) mass is 365 g/mol. The SMILES string of the molecule is C=C(NCCN1CCC(CCc2ccccc2)CC1)C1=CCNC=C1C=O. The molecule has 0 aromatic heterocycles. The third kappa shape index (κ3) is 5.83. The van der Waals surface area contributed by atoms with Gasteiger partial charge in [0.2, 0.25) is 0 Å². The Morgan fingerprint density at radius 3 is 2.78 bits per heavy atom. The number of aldehydes is 1. The average Bonchev–Trinajstić information content (AvgIpc) is 2.73. The van der Waals surface area contributed by atoms with Gasteiger partial charge in [-0.05, 0) is 50.3 Å². The van der Waals surface area contributed by atoms with E-state index in [9.17, 15) is 4.79 Å². The van der Waals surface area contributed by atoms with Crippen molar-refractivity contribution in [1.29, 1.82) is 0 Å². The van der Waals surface area contributed by atoms with Gasteiger partial charge in [-0.15, -0.1) is 0 Å². The van der Waals surface area contributed by atoms with E-state index in [1.165, 1.54) is 44.3 Å². The maximum Gasteiger partial charge on any atom is 0.152 e. The van der Waals surface area contributed by atoms with Gasteiger partial charge in [-0.2, -0.15) is 0 Å². The van der Waals surface area contributed by atoms with Crippen molar-refractivity contribution in [2.24, 2.45) is 5.92 Å². The summed E-state index contributed by atoms with van der Waals surface area (Å²) in [6.45, 7) is 9.09. The van der Waals surface area contributed by atoms with Crippen molar-refractivity contribution in [2.75, 3.05) is 32.7 Å². The van der Waals surface area contributed by atoms with E-state index < -0.39 is 0 Å². The first-order valence-electron chi connectivity index (χ1n) is 10.0. The topological polar surface area (TPSA) is 44.4 Å². The molecule has 1 aromatic rings. The van der Waals surface area contributed by atoms with Gasteiger partial charge in [0.1, 0.15) is 0 Å². The van der Waals surface area contributed by atoms with Crippen LogP contribution >= 0.6 is 0 Å². The molecule has 27 heavy (non-hydrogen) atoms. The number of nitrogens with zero attached hydrogens (tertiary/aromatic N) is 1. The molecule has 2 aliphatic rings. The Morgan fingerprint density at radius 2 is 2.04 bits per heavy atom. The first kappa shape index (κ1) is 19.4. The highest BCUT2D eigenvalue weighted by Gasteiger charge is 2.19. The van der Waals surface area contributed by atoms with Crippen LogP contribution < -0.4 is 10.6 Å². The molecule has 0 saturated carbocycles. The summed E-state index contributed by atoms with van der Waals surface area (Å²) in [5.41, 5.74) is 3.88. The van der Waals surface area contributed by atoms with E-state index in [0.717, 1.165) is 43.1 Å². The van der Waals surface area contributed by atoms with Crippen LogP contribution in [0.2, 0.25) is 0 Å². The Labute approximate surface area is 163 Å². The van der Waals surface area contributed by atoms with Crippen molar-refractivity contribution in [3.63, 3.8) is 0 Å². The summed E-state index contributed by atoms with van der Waals surface area (Å²) in [6.07, 6.45) is 9.74. The molecule has 144 valence electrons. The number of carbonyl (C=O) groups excluding carboxylic acids is 1. The fourth-order valence-electron chi connectivity index (χ4n) is 3.89. The number of benzene rings is 1. The average molecular weight is 366 g/mol. The van der Waals surface area contributed by atoms with Crippen LogP contribution in [0, 0.1) is 5.92 Å². The lowest BCUT2D eigenvalue weighted by molar-refractivity contribution is -0.104. The zero-order valence-corrected chi connectivity index (χ0v) is 16.1. The summed E-state index contributed by atoms with van der Waals surface area (Å²) in [5.74, 6) is 0.851. The van der Waals surface area contributed by atoms with Crippen molar-refractivity contribution >= 4 is 6.29 Å². The Balaban J connectivity index is 1.33. The highest BCUT2D eigenvalue weighted by molar-refractivity contribution is 5.83. The minimum atomic E-state index is 0.665. The molecule has 3 rings (SSSR count). The molecule has 0 atom stereocenters. The summed E-state index contributed by atoms with van der Waals surface area (Å²) in [5, 5.41) is 6.45. The summed E-state index contributed by atoms with van der Waals surface area (Å²) in [4.78, 5) is 13.7. The number of dihydropyridines is 1. The van der Waals surface area contributed by atoms with Crippen LogP contribution in [0.3, 0.4) is 0 Å². The summed E-state index contributed by atoms with van der Waals surface area (Å²) in [6, 6.07) is 10.8. The molecular formula is C23H31N3O. The third-order valence-corrected chi connectivity index (χ3v) is 5.60. The number of aryl methyl sites for hydroxylation is 1. The molecule has 0 amide bonds. The van der Waals surface area contributed by atoms with Gasteiger partial charge in [0.05, 0.1) is 0 Å². The number of likely N-dealkylation sites (tertiary alicyclic amines) is 1. The van der Waals surface area contributed by atoms with Crippen molar-refractivity contribution in [3.8, 4) is 0 Å². The van der Waals surface area contributed by atoms with Gasteiger partial charge in [-0.25, -0.2) is 0 Å². The Kier molecular flexibility index (Phi) is 7.28. The molecule has 2 heterocycles. The molecule has 0 bridgehead atoms. The van der Waals surface area contributed by atoms with Gasteiger partial charge in [-0.3, -0.25) is 4.79 Å². The van der Waals surface area contributed by atoms with E-state index in [1.54, 1.807) is 6.20 Å². The lowest BCUT2D eigenvalue weighted by Gasteiger charge is -2.32. The van der Waals surface area contributed by atoms with Crippen LogP contribution in [-0.2, 0) is 11.2 Å². The molecule has 0 radical (unpaired) electrons. The molecule has 4 heteroatoms. The number of hydrogen-bond donors (Lipinski definition) is 2. The maximum absolute atomic E-state index is 11.1. The minimum absolute atomic E-state index is 0.665. The molecule has 4 nitrogen and oxygen atoms in total. The van der Waals surface area contributed by atoms with Crippen LogP contribution in [0.15, 0.2) is 66.0 Å². The van der Waals surface area contributed by atoms with Gasteiger partial charge in [-0.1, -0.05) is 43.0 Å². The van der Waals surface area contributed by atoms with E-state index in [2.05, 4.69) is 52.4 Å². The maximum atomic E-state index is 11.1. The molecule has 2 N–H and O–H groups in total. The molecule has 1 saturated heterocycles. The third-order valence-electron chi connectivity index (χ3n) is 5.60. The van der Waals surface area contributed by atoms with Crippen molar-refractivity contribution in [3.05, 3.63) is 71.6 Å². The second-order valence-corrected chi connectivity index (χ2v) is 7.46. The molecule has 0 aliphatic carbocycles. The standard InChI is InChI=1S/C23H31N3O/c1-19(23-9-12-24-17-22(23)18-27)25-13-16-26-14-10-21(11-15-26)8-7-20-5-3-2-4-6-20/h2-6,9,17-18,21,24-25H,1,7-8,10-16H2. The van der Waals surface area contributed by atoms with Gasteiger partial charge in [0.25, 0.3) is 0 Å². The van der Waals surface area contributed by atoms with Gasteiger partial charge < -0.3 is 15.5 Å². The molecule has 2 aliphatic heterocycles. The van der Waals surface area contributed by atoms with Crippen molar-refractivity contribution in [1.82, 2.24) is 15.5 Å². The number of rotatable bonds is 9. The van der Waals surface area contributed by atoms with E-state index >= 15 is 0 Å². The van der Waals surface area contributed by atoms with Crippen LogP contribution in [0.4, 0.5) is 0 Å². The summed E-state index contributed by atoms with van der Waals surface area (Å²) >= 11 is 0. The molecular weight excluding hydrogens is 334 g/mol. The number of carbonyl (C=O) groups is 1. The van der Waals surface area contributed by atoms with E-state index in [0.29, 0.717) is 5.57 Å². The predicted octanol–water partition coefficient (Wildman–Crippen LogP) is 3.05. The lowest BCUT2D eigenvalue weighted by atomic mass is 9.90. The fraction of sp³-hybridized carbons (Fsp3) is 0.435. The van der Waals surface area contributed by atoms with Crippen LogP contribution in [0.25, 0.3) is 0 Å². The number of hydrogen-bond acceptors (Lipinski definition) is 4. The smallest absolute Gasteiger partial charge is 0.152 e. The molecule has 0 unspecified atom stereocenters.